The predicted octanol–water partition coefficient (Wildman–Crippen LogP) is 11.6. The number of aliphatic hydroxyl groups is 1. The van der Waals surface area contributed by atoms with Crippen LogP contribution in [0.4, 0.5) is 0 Å². The van der Waals surface area contributed by atoms with E-state index in [0.717, 1.165) is 38.5 Å². The van der Waals surface area contributed by atoms with Crippen molar-refractivity contribution in [3.63, 3.8) is 0 Å². The van der Waals surface area contributed by atoms with Crippen LogP contribution in [0.1, 0.15) is 226 Å². The number of amides is 1. The molecule has 0 heterocycles. The first-order valence-electron chi connectivity index (χ1n) is 20.2. The summed E-state index contributed by atoms with van der Waals surface area (Å²) in [7, 11) is -4.30. The molecule has 3 N–H and O–H groups in total. The largest absolute Gasteiger partial charge is 0.391 e. The fraction of sp³-hybridized carbons (Fsp3) is 0.974. The fourth-order valence-electron chi connectivity index (χ4n) is 6.51. The Hall–Kier alpha value is -0.660. The Morgan fingerprint density at radius 2 is 0.783 bits per heavy atom. The quantitative estimate of drug-likeness (QED) is 0.0450. The van der Waals surface area contributed by atoms with Crippen LogP contribution in [0.5, 0.6) is 0 Å². The highest BCUT2D eigenvalue weighted by Crippen LogP contribution is 2.16. The van der Waals surface area contributed by atoms with Crippen molar-refractivity contribution < 1.29 is 22.9 Å². The van der Waals surface area contributed by atoms with Crippen LogP contribution in [-0.2, 0) is 14.9 Å². The van der Waals surface area contributed by atoms with Crippen molar-refractivity contribution >= 4 is 16.0 Å². The van der Waals surface area contributed by atoms with Crippen molar-refractivity contribution in [3.8, 4) is 0 Å². The summed E-state index contributed by atoms with van der Waals surface area (Å²) in [6.45, 7) is 4.52. The Balaban J connectivity index is 3.81. The summed E-state index contributed by atoms with van der Waals surface area (Å²) in [4.78, 5) is 12.5. The van der Waals surface area contributed by atoms with Crippen LogP contribution in [0.15, 0.2) is 0 Å². The summed E-state index contributed by atoms with van der Waals surface area (Å²) in [5, 5.41) is 13.3. The van der Waals surface area contributed by atoms with Crippen LogP contribution in [0.2, 0.25) is 0 Å². The Bertz CT molecular complexity index is 745. The van der Waals surface area contributed by atoms with Gasteiger partial charge in [0.1, 0.15) is 0 Å². The predicted molar refractivity (Wildman–Crippen MR) is 198 cm³/mol. The van der Waals surface area contributed by atoms with Crippen molar-refractivity contribution in [1.29, 1.82) is 0 Å². The second-order valence-electron chi connectivity index (χ2n) is 14.3. The SMILES string of the molecule is CCCCCCCCCCCCCCCCCCCCC(=O)NC(CS(=O)(=O)O)C(O)CCCCCCCCCCCCCCC. The van der Waals surface area contributed by atoms with Gasteiger partial charge in [-0.3, -0.25) is 9.35 Å². The molecule has 0 aromatic heterocycles. The summed E-state index contributed by atoms with van der Waals surface area (Å²) in [5.74, 6) is -0.883. The highest BCUT2D eigenvalue weighted by Gasteiger charge is 2.26. The van der Waals surface area contributed by atoms with Gasteiger partial charge in [-0.15, -0.1) is 0 Å². The van der Waals surface area contributed by atoms with Gasteiger partial charge in [0.15, 0.2) is 0 Å². The van der Waals surface area contributed by atoms with Gasteiger partial charge >= 0.3 is 0 Å². The monoisotopic (exact) mass is 674 g/mol. The van der Waals surface area contributed by atoms with Crippen LogP contribution in [0.25, 0.3) is 0 Å². The second kappa shape index (κ2) is 34.2. The van der Waals surface area contributed by atoms with E-state index in [0.29, 0.717) is 12.8 Å². The Morgan fingerprint density at radius 3 is 1.09 bits per heavy atom. The number of carbonyl (C=O) groups is 1. The van der Waals surface area contributed by atoms with Gasteiger partial charge in [-0.1, -0.05) is 206 Å². The minimum absolute atomic E-state index is 0.241. The molecule has 0 aromatic carbocycles. The number of rotatable bonds is 37. The molecule has 7 heteroatoms. The van der Waals surface area contributed by atoms with Crippen LogP contribution in [0.3, 0.4) is 0 Å². The van der Waals surface area contributed by atoms with E-state index < -0.39 is 28.0 Å². The molecule has 276 valence electrons. The smallest absolute Gasteiger partial charge is 0.266 e. The van der Waals surface area contributed by atoms with E-state index in [1.807, 2.05) is 0 Å². The highest BCUT2D eigenvalue weighted by molar-refractivity contribution is 7.85. The molecular formula is C39H79NO5S. The number of hydrogen-bond acceptors (Lipinski definition) is 4. The summed E-state index contributed by atoms with van der Waals surface area (Å²) in [6, 6.07) is -0.963. The maximum atomic E-state index is 12.5. The number of hydrogen-bond donors (Lipinski definition) is 3. The third-order valence-corrected chi connectivity index (χ3v) is 10.3. The minimum atomic E-state index is -4.30. The molecule has 0 saturated heterocycles. The average molecular weight is 674 g/mol. The van der Waals surface area contributed by atoms with Crippen molar-refractivity contribution in [2.75, 3.05) is 5.75 Å². The van der Waals surface area contributed by atoms with Gasteiger partial charge in [0.2, 0.25) is 5.91 Å². The van der Waals surface area contributed by atoms with Crippen molar-refractivity contribution in [3.05, 3.63) is 0 Å². The molecule has 0 radical (unpaired) electrons. The van der Waals surface area contributed by atoms with Crippen molar-refractivity contribution in [1.82, 2.24) is 5.32 Å². The molecule has 0 aliphatic heterocycles. The summed E-state index contributed by atoms with van der Waals surface area (Å²) in [5.41, 5.74) is 0. The lowest BCUT2D eigenvalue weighted by molar-refractivity contribution is -0.122. The van der Waals surface area contributed by atoms with Crippen LogP contribution >= 0.6 is 0 Å². The lowest BCUT2D eigenvalue weighted by Crippen LogP contribution is -2.47. The van der Waals surface area contributed by atoms with Crippen LogP contribution in [0, 0.1) is 0 Å². The standard InChI is InChI=1S/C39H79NO5S/c1-3-5-7-9-11-13-15-17-18-19-20-21-23-25-27-29-31-33-35-39(42)40-37(36-46(43,44)45)38(41)34-32-30-28-26-24-22-16-14-12-10-8-6-4-2/h37-38,41H,3-36H2,1-2H3,(H,40,42)(H,43,44,45). The molecule has 0 aliphatic carbocycles. The molecule has 46 heavy (non-hydrogen) atoms. The topological polar surface area (TPSA) is 104 Å². The van der Waals surface area contributed by atoms with Crippen molar-refractivity contribution in [2.45, 2.75) is 238 Å². The maximum Gasteiger partial charge on any atom is 0.266 e. The first kappa shape index (κ1) is 45.3. The van der Waals surface area contributed by atoms with Gasteiger partial charge in [-0.2, -0.15) is 8.42 Å². The van der Waals surface area contributed by atoms with E-state index in [1.54, 1.807) is 0 Å². The molecular weight excluding hydrogens is 594 g/mol. The summed E-state index contributed by atoms with van der Waals surface area (Å²) >= 11 is 0. The van der Waals surface area contributed by atoms with E-state index in [4.69, 9.17) is 0 Å². The molecule has 0 aromatic rings. The van der Waals surface area contributed by atoms with Crippen LogP contribution < -0.4 is 5.32 Å². The zero-order valence-corrected chi connectivity index (χ0v) is 31.5. The molecule has 0 bridgehead atoms. The van der Waals surface area contributed by atoms with Crippen LogP contribution in [-0.4, -0.2) is 41.9 Å². The van der Waals surface area contributed by atoms with Gasteiger partial charge in [0.05, 0.1) is 17.9 Å². The number of unbranched alkanes of at least 4 members (excludes halogenated alkanes) is 29. The summed E-state index contributed by atoms with van der Waals surface area (Å²) < 4.78 is 32.5. The molecule has 0 aliphatic rings. The van der Waals surface area contributed by atoms with E-state index >= 15 is 0 Å². The average Bonchev–Trinajstić information content (AvgIpc) is 3.01. The zero-order chi connectivity index (χ0) is 34.0. The number of aliphatic hydroxyl groups excluding tert-OH is 1. The minimum Gasteiger partial charge on any atom is -0.391 e. The first-order valence-corrected chi connectivity index (χ1v) is 21.8. The Kier molecular flexibility index (Phi) is 33.7. The Labute approximate surface area is 287 Å². The number of carbonyl (C=O) groups excluding carboxylic acids is 1. The second-order valence-corrected chi connectivity index (χ2v) is 15.8. The maximum absolute atomic E-state index is 12.5. The molecule has 2 unspecified atom stereocenters. The van der Waals surface area contributed by atoms with E-state index in [-0.39, 0.29) is 5.91 Å². The van der Waals surface area contributed by atoms with Gasteiger partial charge in [-0.25, -0.2) is 0 Å². The fourth-order valence-corrected chi connectivity index (χ4v) is 7.27. The van der Waals surface area contributed by atoms with Gasteiger partial charge < -0.3 is 10.4 Å². The van der Waals surface area contributed by atoms with Gasteiger partial charge in [0.25, 0.3) is 10.1 Å². The Morgan fingerprint density at radius 1 is 0.500 bits per heavy atom. The van der Waals surface area contributed by atoms with E-state index in [2.05, 4.69) is 19.2 Å². The molecule has 6 nitrogen and oxygen atoms in total. The molecule has 0 spiro atoms. The first-order chi connectivity index (χ1) is 22.3. The highest BCUT2D eigenvalue weighted by atomic mass is 32.2. The van der Waals surface area contributed by atoms with E-state index in [9.17, 15) is 22.9 Å². The number of nitrogens with one attached hydrogen (secondary N) is 1. The third kappa shape index (κ3) is 34.7. The lowest BCUT2D eigenvalue weighted by Gasteiger charge is -2.23. The van der Waals surface area contributed by atoms with Gasteiger partial charge in [0, 0.05) is 6.42 Å². The normalized spacial score (nSPS) is 13.2. The zero-order valence-electron chi connectivity index (χ0n) is 30.7. The lowest BCUT2D eigenvalue weighted by atomic mass is 10.0. The summed E-state index contributed by atoms with van der Waals surface area (Å²) in [6.07, 6.45) is 39.1. The molecule has 1 amide bonds. The molecule has 0 rings (SSSR count). The van der Waals surface area contributed by atoms with Crippen molar-refractivity contribution in [2.24, 2.45) is 0 Å². The van der Waals surface area contributed by atoms with E-state index in [1.165, 1.54) is 161 Å². The van der Waals surface area contributed by atoms with Gasteiger partial charge in [-0.05, 0) is 12.8 Å². The molecule has 0 fully saturated rings. The molecule has 0 saturated carbocycles. The third-order valence-electron chi connectivity index (χ3n) is 9.56. The molecule has 2 atom stereocenters.